The van der Waals surface area contributed by atoms with E-state index in [1.807, 2.05) is 57.1 Å². The lowest BCUT2D eigenvalue weighted by Gasteiger charge is -2.28. The van der Waals surface area contributed by atoms with Crippen molar-refractivity contribution in [2.24, 2.45) is 5.92 Å². The van der Waals surface area contributed by atoms with Crippen molar-refractivity contribution in [3.8, 4) is 5.75 Å². The van der Waals surface area contributed by atoms with Gasteiger partial charge in [0, 0.05) is 17.1 Å². The zero-order chi connectivity index (χ0) is 22.3. The highest BCUT2D eigenvalue weighted by Gasteiger charge is 2.26. The topological polar surface area (TPSA) is 70.7 Å². The van der Waals surface area contributed by atoms with Crippen molar-refractivity contribution in [1.82, 2.24) is 15.5 Å². The maximum atomic E-state index is 12.9. The number of ether oxygens (including phenoxy) is 1. The summed E-state index contributed by atoms with van der Waals surface area (Å²) < 4.78 is 5.12. The molecule has 0 bridgehead atoms. The molecule has 2 amide bonds. The Morgan fingerprint density at radius 3 is 2.23 bits per heavy atom. The normalized spacial score (nSPS) is 13.1. The molecule has 0 spiro atoms. The van der Waals surface area contributed by atoms with Gasteiger partial charge in [-0.15, -0.1) is 0 Å². The SMILES string of the molecule is COc1ccc(C(=O)N[C@H](C(=O)NC[C@@H](c2ccccc2Cl)N(C)C)C(C)C)cc1. The summed E-state index contributed by atoms with van der Waals surface area (Å²) in [6.07, 6.45) is 0. The Morgan fingerprint density at radius 1 is 1.07 bits per heavy atom. The van der Waals surface area contributed by atoms with Gasteiger partial charge < -0.3 is 20.3 Å². The lowest BCUT2D eigenvalue weighted by atomic mass is 10.0. The van der Waals surface area contributed by atoms with Crippen LogP contribution in [0.15, 0.2) is 48.5 Å². The zero-order valence-corrected chi connectivity index (χ0v) is 18.9. The van der Waals surface area contributed by atoms with Crippen LogP contribution >= 0.6 is 11.6 Å². The van der Waals surface area contributed by atoms with Gasteiger partial charge in [-0.2, -0.15) is 0 Å². The molecule has 0 fully saturated rings. The van der Waals surface area contributed by atoms with E-state index in [4.69, 9.17) is 16.3 Å². The van der Waals surface area contributed by atoms with Crippen molar-refractivity contribution in [2.45, 2.75) is 25.9 Å². The number of nitrogens with zero attached hydrogens (tertiary/aromatic N) is 1. The summed E-state index contributed by atoms with van der Waals surface area (Å²) >= 11 is 6.34. The van der Waals surface area contributed by atoms with Crippen LogP contribution in [0.25, 0.3) is 0 Å². The van der Waals surface area contributed by atoms with Crippen LogP contribution in [0.3, 0.4) is 0 Å². The third kappa shape index (κ3) is 6.21. The highest BCUT2D eigenvalue weighted by molar-refractivity contribution is 6.31. The van der Waals surface area contributed by atoms with Crippen LogP contribution in [0, 0.1) is 5.92 Å². The molecule has 0 aromatic heterocycles. The molecular formula is C23H30ClN3O3. The zero-order valence-electron chi connectivity index (χ0n) is 18.1. The summed E-state index contributed by atoms with van der Waals surface area (Å²) in [6.45, 7) is 4.17. The number of hydrogen-bond donors (Lipinski definition) is 2. The molecule has 2 rings (SSSR count). The van der Waals surface area contributed by atoms with E-state index in [1.54, 1.807) is 31.4 Å². The number of rotatable bonds is 9. The van der Waals surface area contributed by atoms with Gasteiger partial charge in [-0.1, -0.05) is 43.6 Å². The summed E-state index contributed by atoms with van der Waals surface area (Å²) in [5.74, 6) is 0.0526. The lowest BCUT2D eigenvalue weighted by molar-refractivity contribution is -0.124. The molecule has 0 saturated heterocycles. The third-order valence-corrected chi connectivity index (χ3v) is 5.29. The molecule has 30 heavy (non-hydrogen) atoms. The van der Waals surface area contributed by atoms with E-state index in [0.717, 1.165) is 5.56 Å². The minimum Gasteiger partial charge on any atom is -0.497 e. The number of nitrogens with one attached hydrogen (secondary N) is 2. The lowest BCUT2D eigenvalue weighted by Crippen LogP contribution is -2.51. The molecule has 0 radical (unpaired) electrons. The molecule has 0 unspecified atom stereocenters. The van der Waals surface area contributed by atoms with Gasteiger partial charge in [0.25, 0.3) is 5.91 Å². The van der Waals surface area contributed by atoms with Crippen molar-refractivity contribution in [1.29, 1.82) is 0 Å². The van der Waals surface area contributed by atoms with Gasteiger partial charge in [-0.3, -0.25) is 9.59 Å². The fraction of sp³-hybridized carbons (Fsp3) is 0.391. The van der Waals surface area contributed by atoms with Crippen LogP contribution in [-0.2, 0) is 4.79 Å². The van der Waals surface area contributed by atoms with E-state index < -0.39 is 6.04 Å². The van der Waals surface area contributed by atoms with Gasteiger partial charge in [0.2, 0.25) is 5.91 Å². The van der Waals surface area contributed by atoms with Gasteiger partial charge in [0.1, 0.15) is 11.8 Å². The van der Waals surface area contributed by atoms with Crippen molar-refractivity contribution in [2.75, 3.05) is 27.7 Å². The molecule has 0 aliphatic rings. The van der Waals surface area contributed by atoms with Crippen LogP contribution in [0.1, 0.15) is 35.8 Å². The van der Waals surface area contributed by atoms with E-state index >= 15 is 0 Å². The third-order valence-electron chi connectivity index (χ3n) is 4.95. The minimum absolute atomic E-state index is 0.0784. The molecule has 7 heteroatoms. The summed E-state index contributed by atoms with van der Waals surface area (Å²) in [5.41, 5.74) is 1.41. The second-order valence-electron chi connectivity index (χ2n) is 7.67. The van der Waals surface area contributed by atoms with Gasteiger partial charge in [0.05, 0.1) is 13.2 Å². The maximum absolute atomic E-state index is 12.9. The summed E-state index contributed by atoms with van der Waals surface area (Å²) in [7, 11) is 5.44. The number of carbonyl (C=O) groups is 2. The largest absolute Gasteiger partial charge is 0.497 e. The molecule has 2 atom stereocenters. The van der Waals surface area contributed by atoms with E-state index in [0.29, 0.717) is 22.9 Å². The molecule has 0 saturated carbocycles. The number of hydrogen-bond acceptors (Lipinski definition) is 4. The first-order valence-electron chi connectivity index (χ1n) is 9.88. The Kier molecular flexibility index (Phi) is 8.69. The number of likely N-dealkylation sites (N-methyl/N-ethyl adjacent to an activating group) is 1. The van der Waals surface area contributed by atoms with E-state index in [-0.39, 0.29) is 23.8 Å². The van der Waals surface area contributed by atoms with Crippen LogP contribution in [0.4, 0.5) is 0 Å². The Labute approximate surface area is 183 Å². The second kappa shape index (κ2) is 11.0. The first kappa shape index (κ1) is 23.7. The van der Waals surface area contributed by atoms with Crippen molar-refractivity contribution >= 4 is 23.4 Å². The van der Waals surface area contributed by atoms with Crippen LogP contribution < -0.4 is 15.4 Å². The summed E-state index contributed by atoms with van der Waals surface area (Å²) in [6, 6.07) is 13.6. The monoisotopic (exact) mass is 431 g/mol. The van der Waals surface area contributed by atoms with Crippen molar-refractivity contribution in [3.63, 3.8) is 0 Å². The predicted octanol–water partition coefficient (Wildman–Crippen LogP) is 3.52. The smallest absolute Gasteiger partial charge is 0.251 e. The number of amides is 2. The Bertz CT molecular complexity index is 853. The summed E-state index contributed by atoms with van der Waals surface area (Å²) in [4.78, 5) is 27.5. The van der Waals surface area contributed by atoms with E-state index in [2.05, 4.69) is 10.6 Å². The highest BCUT2D eigenvalue weighted by Crippen LogP contribution is 2.25. The van der Waals surface area contributed by atoms with Crippen molar-refractivity contribution in [3.05, 3.63) is 64.7 Å². The van der Waals surface area contributed by atoms with Crippen LogP contribution in [-0.4, -0.2) is 50.5 Å². The molecule has 2 aromatic carbocycles. The Hall–Kier alpha value is -2.57. The molecule has 2 aromatic rings. The molecule has 6 nitrogen and oxygen atoms in total. The highest BCUT2D eigenvalue weighted by atomic mass is 35.5. The molecule has 162 valence electrons. The van der Waals surface area contributed by atoms with Gasteiger partial charge >= 0.3 is 0 Å². The predicted molar refractivity (Wildman–Crippen MR) is 120 cm³/mol. The second-order valence-corrected chi connectivity index (χ2v) is 8.08. The average Bonchev–Trinajstić information content (AvgIpc) is 2.72. The van der Waals surface area contributed by atoms with E-state index in [1.165, 1.54) is 0 Å². The number of carbonyl (C=O) groups excluding carboxylic acids is 2. The summed E-state index contributed by atoms with van der Waals surface area (Å²) in [5, 5.41) is 6.47. The first-order valence-corrected chi connectivity index (χ1v) is 10.3. The Morgan fingerprint density at radius 2 is 1.70 bits per heavy atom. The Balaban J connectivity index is 2.07. The van der Waals surface area contributed by atoms with Gasteiger partial charge in [0.15, 0.2) is 0 Å². The fourth-order valence-corrected chi connectivity index (χ4v) is 3.39. The number of methoxy groups -OCH3 is 1. The molecule has 0 heterocycles. The average molecular weight is 432 g/mol. The minimum atomic E-state index is -0.659. The molecule has 0 aliphatic carbocycles. The van der Waals surface area contributed by atoms with Gasteiger partial charge in [-0.05, 0) is 55.9 Å². The standard InChI is InChI=1S/C23H30ClN3O3/c1-15(2)21(26-22(28)16-10-12-17(30-5)13-11-16)23(29)25-14-20(27(3)4)18-8-6-7-9-19(18)24/h6-13,15,20-21H,14H2,1-5H3,(H,25,29)(H,26,28)/t20-,21-/m0/s1. The van der Waals surface area contributed by atoms with Crippen LogP contribution in [0.2, 0.25) is 5.02 Å². The van der Waals surface area contributed by atoms with Crippen molar-refractivity contribution < 1.29 is 14.3 Å². The van der Waals surface area contributed by atoms with E-state index in [9.17, 15) is 9.59 Å². The maximum Gasteiger partial charge on any atom is 0.251 e. The molecular weight excluding hydrogens is 402 g/mol. The molecule has 2 N–H and O–H groups in total. The van der Waals surface area contributed by atoms with Gasteiger partial charge in [-0.25, -0.2) is 0 Å². The quantitative estimate of drug-likeness (QED) is 0.637. The molecule has 0 aliphatic heterocycles. The fourth-order valence-electron chi connectivity index (χ4n) is 3.13. The number of halogens is 1. The van der Waals surface area contributed by atoms with Crippen LogP contribution in [0.5, 0.6) is 5.75 Å². The number of benzene rings is 2. The first-order chi connectivity index (χ1) is 14.2.